The van der Waals surface area contributed by atoms with E-state index in [0.29, 0.717) is 30.3 Å². The van der Waals surface area contributed by atoms with Gasteiger partial charge in [-0.05, 0) is 93.2 Å². The molecule has 1 aliphatic carbocycles. The molecule has 0 saturated heterocycles. The number of hydrogen-bond donors (Lipinski definition) is 2. The van der Waals surface area contributed by atoms with Crippen LogP contribution in [-0.4, -0.2) is 41.2 Å². The molecule has 0 radical (unpaired) electrons. The highest BCUT2D eigenvalue weighted by atomic mass is 19.4. The van der Waals surface area contributed by atoms with Gasteiger partial charge in [0.15, 0.2) is 0 Å². The first-order chi connectivity index (χ1) is 21.4. The van der Waals surface area contributed by atoms with Crippen molar-refractivity contribution in [2.75, 3.05) is 18.0 Å². The molecular weight excluding hydrogens is 616 g/mol. The molecule has 256 valence electrons. The van der Waals surface area contributed by atoms with Gasteiger partial charge in [-0.15, -0.1) is 0 Å². The van der Waals surface area contributed by atoms with Gasteiger partial charge >= 0.3 is 24.3 Å². The molecule has 1 aliphatic rings. The van der Waals surface area contributed by atoms with E-state index in [1.807, 2.05) is 32.9 Å². The lowest BCUT2D eigenvalue weighted by molar-refractivity contribution is -0.148. The number of esters is 1. The molecule has 1 fully saturated rings. The van der Waals surface area contributed by atoms with Crippen molar-refractivity contribution in [3.63, 3.8) is 0 Å². The zero-order chi connectivity index (χ0) is 34.4. The Morgan fingerprint density at radius 1 is 0.978 bits per heavy atom. The number of anilines is 1. The lowest BCUT2D eigenvalue weighted by Crippen LogP contribution is -2.36. The molecule has 2 atom stereocenters. The Morgan fingerprint density at radius 3 is 2.02 bits per heavy atom. The van der Waals surface area contributed by atoms with Crippen LogP contribution in [0.3, 0.4) is 0 Å². The minimum Gasteiger partial charge on any atom is -0.481 e. The van der Waals surface area contributed by atoms with Crippen LogP contribution in [0, 0.1) is 11.8 Å². The molecule has 0 amide bonds. The summed E-state index contributed by atoms with van der Waals surface area (Å²) in [6.45, 7) is 10.0. The average Bonchev–Trinajstić information content (AvgIpc) is 2.96. The third-order valence-electron chi connectivity index (χ3n) is 8.47. The number of benzene rings is 1. The topological polar surface area (TPSA) is 91.8 Å². The van der Waals surface area contributed by atoms with Crippen molar-refractivity contribution >= 4 is 17.6 Å². The summed E-state index contributed by atoms with van der Waals surface area (Å²) in [7, 11) is 0. The van der Waals surface area contributed by atoms with Gasteiger partial charge in [-0.3, -0.25) is 14.6 Å². The lowest BCUT2D eigenvalue weighted by atomic mass is 9.80. The molecule has 0 aliphatic heterocycles. The van der Waals surface area contributed by atoms with Crippen molar-refractivity contribution in [1.29, 1.82) is 0 Å². The standard InChI is InChI=1S/C33H43F6N3O4/c1-6-42(18-23-9-7-22(8-10-23)13-30(44)45)29-12-11-27(19(2)3)41-28(29)17-40-20(4)31(46-21(5)43)24-14-25(32(34,35)36)16-26(15-24)33(37,38)39/h11-12,14-16,19-20,22-23,31,40H,6-10,13,17-18H2,1-5H3,(H,44,45)/t20-,22?,23?,31-/m0/s1. The summed E-state index contributed by atoms with van der Waals surface area (Å²) in [6.07, 6.45) is -7.91. The van der Waals surface area contributed by atoms with E-state index >= 15 is 0 Å². The van der Waals surface area contributed by atoms with Crippen LogP contribution in [0.15, 0.2) is 30.3 Å². The Bertz CT molecular complexity index is 1310. The van der Waals surface area contributed by atoms with E-state index in [0.717, 1.165) is 50.5 Å². The van der Waals surface area contributed by atoms with Crippen molar-refractivity contribution < 1.29 is 45.8 Å². The molecule has 2 aromatic rings. The van der Waals surface area contributed by atoms with E-state index < -0.39 is 53.1 Å². The summed E-state index contributed by atoms with van der Waals surface area (Å²) >= 11 is 0. The Morgan fingerprint density at radius 2 is 1.54 bits per heavy atom. The van der Waals surface area contributed by atoms with E-state index in [1.54, 1.807) is 0 Å². The average molecular weight is 660 g/mol. The molecule has 1 heterocycles. The van der Waals surface area contributed by atoms with E-state index in [1.165, 1.54) is 6.92 Å². The normalized spacial score (nSPS) is 18.7. The quantitative estimate of drug-likeness (QED) is 0.166. The van der Waals surface area contributed by atoms with E-state index in [-0.39, 0.29) is 30.9 Å². The Balaban J connectivity index is 1.89. The third kappa shape index (κ3) is 10.3. The fourth-order valence-corrected chi connectivity index (χ4v) is 5.97. The summed E-state index contributed by atoms with van der Waals surface area (Å²) in [4.78, 5) is 30.2. The van der Waals surface area contributed by atoms with Gasteiger partial charge in [-0.25, -0.2) is 0 Å². The number of rotatable bonds is 13. The molecule has 1 aromatic heterocycles. The number of aromatic nitrogens is 1. The first-order valence-electron chi connectivity index (χ1n) is 15.6. The smallest absolute Gasteiger partial charge is 0.416 e. The summed E-state index contributed by atoms with van der Waals surface area (Å²) in [5, 5.41) is 12.3. The number of carboxylic acid groups (broad SMARTS) is 1. The van der Waals surface area contributed by atoms with Crippen molar-refractivity contribution in [1.82, 2.24) is 10.3 Å². The second-order valence-electron chi connectivity index (χ2n) is 12.4. The summed E-state index contributed by atoms with van der Waals surface area (Å²) in [6, 6.07) is 4.20. The highest BCUT2D eigenvalue weighted by molar-refractivity contribution is 5.67. The number of halogens is 6. The highest BCUT2D eigenvalue weighted by Crippen LogP contribution is 2.39. The third-order valence-corrected chi connectivity index (χ3v) is 8.47. The largest absolute Gasteiger partial charge is 0.481 e. The molecule has 0 bridgehead atoms. The van der Waals surface area contributed by atoms with Crippen LogP contribution in [-0.2, 0) is 33.2 Å². The molecule has 1 saturated carbocycles. The fourth-order valence-electron chi connectivity index (χ4n) is 5.97. The minimum atomic E-state index is -5.05. The monoisotopic (exact) mass is 659 g/mol. The number of carboxylic acids is 1. The number of nitrogens with zero attached hydrogens (tertiary/aromatic N) is 2. The molecule has 0 spiro atoms. The van der Waals surface area contributed by atoms with Gasteiger partial charge in [-0.1, -0.05) is 13.8 Å². The molecule has 7 nitrogen and oxygen atoms in total. The van der Waals surface area contributed by atoms with Gasteiger partial charge in [0.05, 0.1) is 22.5 Å². The van der Waals surface area contributed by atoms with Crippen LogP contribution in [0.1, 0.15) is 107 Å². The lowest BCUT2D eigenvalue weighted by Gasteiger charge is -2.34. The van der Waals surface area contributed by atoms with Gasteiger partial charge in [0.1, 0.15) is 6.10 Å². The highest BCUT2D eigenvalue weighted by Gasteiger charge is 2.38. The minimum absolute atomic E-state index is 0.0397. The van der Waals surface area contributed by atoms with Crippen LogP contribution in [0.5, 0.6) is 0 Å². The number of alkyl halides is 6. The van der Waals surface area contributed by atoms with E-state index in [4.69, 9.17) is 14.8 Å². The number of carbonyl (C=O) groups excluding carboxylic acids is 1. The van der Waals surface area contributed by atoms with Crippen LogP contribution >= 0.6 is 0 Å². The van der Waals surface area contributed by atoms with Crippen molar-refractivity contribution in [3.8, 4) is 0 Å². The summed E-state index contributed by atoms with van der Waals surface area (Å²) in [5.41, 5.74) is -1.14. The zero-order valence-corrected chi connectivity index (χ0v) is 26.8. The van der Waals surface area contributed by atoms with Gasteiger partial charge in [-0.2, -0.15) is 26.3 Å². The van der Waals surface area contributed by atoms with Crippen LogP contribution in [0.25, 0.3) is 0 Å². The fraction of sp³-hybridized carbons (Fsp3) is 0.606. The molecule has 46 heavy (non-hydrogen) atoms. The Kier molecular flexibility index (Phi) is 12.5. The van der Waals surface area contributed by atoms with Crippen LogP contribution in [0.4, 0.5) is 32.0 Å². The maximum absolute atomic E-state index is 13.6. The molecular formula is C33H43F6N3O4. The van der Waals surface area contributed by atoms with E-state index in [2.05, 4.69) is 10.2 Å². The van der Waals surface area contributed by atoms with Crippen LogP contribution in [0.2, 0.25) is 0 Å². The van der Waals surface area contributed by atoms with Gasteiger partial charge in [0, 0.05) is 44.7 Å². The molecule has 1 aromatic carbocycles. The maximum atomic E-state index is 13.6. The number of pyridine rings is 1. The van der Waals surface area contributed by atoms with Gasteiger partial charge in [0.2, 0.25) is 0 Å². The molecule has 0 unspecified atom stereocenters. The summed E-state index contributed by atoms with van der Waals surface area (Å²) < 4.78 is 86.9. The SMILES string of the molecule is CCN(CC1CCC(CC(=O)O)CC1)c1ccc(C(C)C)nc1CN[C@@H](C)[C@H](OC(C)=O)c1cc(C(F)(F)F)cc(C(F)(F)F)c1. The van der Waals surface area contributed by atoms with Gasteiger partial charge < -0.3 is 20.1 Å². The first kappa shape index (κ1) is 37.1. The second kappa shape index (κ2) is 15.5. The number of nitrogens with one attached hydrogen (secondary N) is 1. The number of carbonyl (C=O) groups is 2. The van der Waals surface area contributed by atoms with E-state index in [9.17, 15) is 35.9 Å². The Labute approximate surface area is 265 Å². The van der Waals surface area contributed by atoms with Crippen LogP contribution < -0.4 is 10.2 Å². The predicted octanol–water partition coefficient (Wildman–Crippen LogP) is 8.13. The second-order valence-corrected chi connectivity index (χ2v) is 12.4. The number of hydrogen-bond acceptors (Lipinski definition) is 6. The zero-order valence-electron chi connectivity index (χ0n) is 26.8. The van der Waals surface area contributed by atoms with Crippen molar-refractivity contribution in [2.24, 2.45) is 11.8 Å². The van der Waals surface area contributed by atoms with Crippen molar-refractivity contribution in [3.05, 3.63) is 58.4 Å². The number of ether oxygens (including phenoxy) is 1. The van der Waals surface area contributed by atoms with Crippen molar-refractivity contribution in [2.45, 2.75) is 104 Å². The Hall–Kier alpha value is -3.35. The molecule has 2 N–H and O–H groups in total. The first-order valence-corrected chi connectivity index (χ1v) is 15.6. The number of aliphatic carboxylic acids is 1. The summed E-state index contributed by atoms with van der Waals surface area (Å²) in [5.74, 6) is -1.03. The molecule has 13 heteroatoms. The predicted molar refractivity (Wildman–Crippen MR) is 161 cm³/mol. The van der Waals surface area contributed by atoms with Gasteiger partial charge in [0.25, 0.3) is 0 Å². The molecule has 3 rings (SSSR count). The maximum Gasteiger partial charge on any atom is 0.416 e.